The Morgan fingerprint density at radius 2 is 1.57 bits per heavy atom. The van der Waals surface area contributed by atoms with Crippen LogP contribution in [0.2, 0.25) is 0 Å². The lowest BCUT2D eigenvalue weighted by Crippen LogP contribution is -2.32. The number of nitrogens with two attached hydrogens (primary N) is 1. The average Bonchev–Trinajstić information content (AvgIpc) is 2.52. The van der Waals surface area contributed by atoms with Crippen molar-refractivity contribution in [1.82, 2.24) is 0 Å². The smallest absolute Gasteiger partial charge is 0.469 e. The van der Waals surface area contributed by atoms with Gasteiger partial charge in [0.15, 0.2) is 0 Å². The first-order valence-corrected chi connectivity index (χ1v) is 8.67. The Bertz CT molecular complexity index is 641. The van der Waals surface area contributed by atoms with Crippen LogP contribution in [0, 0.1) is 0 Å². The molecule has 0 saturated carbocycles. The molecule has 0 unspecified atom stereocenters. The first kappa shape index (κ1) is 17.7. The summed E-state index contributed by atoms with van der Waals surface area (Å²) >= 11 is 0. The van der Waals surface area contributed by atoms with E-state index in [4.69, 9.17) is 20.3 Å². The molecule has 0 saturated heterocycles. The van der Waals surface area contributed by atoms with Gasteiger partial charge in [0.25, 0.3) is 0 Å². The summed E-state index contributed by atoms with van der Waals surface area (Å²) in [5, 5.41) is 0. The van der Waals surface area contributed by atoms with Crippen molar-refractivity contribution in [3.8, 4) is 5.75 Å². The predicted molar refractivity (Wildman–Crippen MR) is 87.2 cm³/mol. The van der Waals surface area contributed by atoms with Crippen LogP contribution in [0.4, 0.5) is 0 Å². The summed E-state index contributed by atoms with van der Waals surface area (Å²) in [6.45, 7) is -0.158. The molecule has 2 rings (SSSR count). The lowest BCUT2D eigenvalue weighted by atomic mass is 10.1. The lowest BCUT2D eigenvalue weighted by molar-refractivity contribution is 0.166. The van der Waals surface area contributed by atoms with E-state index in [1.807, 2.05) is 42.5 Å². The maximum atomic E-state index is 10.6. The second kappa shape index (κ2) is 8.24. The molecular formula is C16H20NO5P. The minimum Gasteiger partial charge on any atom is -0.492 e. The molecule has 0 bridgehead atoms. The Labute approximate surface area is 135 Å². The molecule has 2 aromatic carbocycles. The van der Waals surface area contributed by atoms with E-state index < -0.39 is 13.9 Å². The van der Waals surface area contributed by atoms with Crippen LogP contribution in [-0.4, -0.2) is 29.0 Å². The summed E-state index contributed by atoms with van der Waals surface area (Å²) in [7, 11) is -4.49. The third kappa shape index (κ3) is 6.95. The van der Waals surface area contributed by atoms with Crippen molar-refractivity contribution >= 4 is 7.82 Å². The lowest BCUT2D eigenvalue weighted by Gasteiger charge is -2.14. The number of hydrogen-bond donors (Lipinski definition) is 3. The number of phosphoric ester groups is 1. The van der Waals surface area contributed by atoms with Crippen molar-refractivity contribution in [1.29, 1.82) is 0 Å². The first-order valence-electron chi connectivity index (χ1n) is 7.14. The van der Waals surface area contributed by atoms with E-state index in [0.29, 0.717) is 5.75 Å². The fraction of sp³-hybridized carbons (Fsp3) is 0.250. The highest BCUT2D eigenvalue weighted by Gasteiger charge is 2.16. The van der Waals surface area contributed by atoms with Crippen LogP contribution in [0.15, 0.2) is 54.6 Å². The molecule has 124 valence electrons. The van der Waals surface area contributed by atoms with E-state index in [-0.39, 0.29) is 13.2 Å². The highest BCUT2D eigenvalue weighted by atomic mass is 31.2. The van der Waals surface area contributed by atoms with Crippen molar-refractivity contribution < 1.29 is 23.6 Å². The van der Waals surface area contributed by atoms with Gasteiger partial charge in [-0.2, -0.15) is 0 Å². The summed E-state index contributed by atoms with van der Waals surface area (Å²) in [6, 6.07) is 17.2. The predicted octanol–water partition coefficient (Wildman–Crippen LogP) is 2.09. The summed E-state index contributed by atoms with van der Waals surface area (Å²) in [5.41, 5.74) is 8.07. The summed E-state index contributed by atoms with van der Waals surface area (Å²) < 4.78 is 20.4. The van der Waals surface area contributed by atoms with E-state index in [9.17, 15) is 4.57 Å². The van der Waals surface area contributed by atoms with Crippen molar-refractivity contribution in [3.63, 3.8) is 0 Å². The molecule has 23 heavy (non-hydrogen) atoms. The van der Waals surface area contributed by atoms with Crippen LogP contribution in [0.25, 0.3) is 0 Å². The van der Waals surface area contributed by atoms with Gasteiger partial charge >= 0.3 is 7.82 Å². The highest BCUT2D eigenvalue weighted by Crippen LogP contribution is 2.35. The van der Waals surface area contributed by atoms with Crippen molar-refractivity contribution in [2.75, 3.05) is 13.2 Å². The molecule has 0 radical (unpaired) electrons. The maximum absolute atomic E-state index is 10.6. The zero-order valence-electron chi connectivity index (χ0n) is 12.5. The minimum absolute atomic E-state index is 0.109. The van der Waals surface area contributed by atoms with Crippen LogP contribution in [0.5, 0.6) is 5.75 Å². The van der Waals surface area contributed by atoms with Crippen molar-refractivity contribution in [2.24, 2.45) is 5.73 Å². The second-order valence-electron chi connectivity index (χ2n) is 5.16. The van der Waals surface area contributed by atoms with E-state index in [0.717, 1.165) is 12.0 Å². The zero-order chi connectivity index (χ0) is 16.7. The molecule has 0 amide bonds. The standard InChI is InChI=1S/C16H20NO5P/c17-15(12-22-23(18,19)20)11-21-16-8-6-14(7-9-16)10-13-4-2-1-3-5-13/h1-9,15H,10-12,17H2,(H2,18,19,20)/t15-/m1/s1. The minimum atomic E-state index is -4.49. The largest absolute Gasteiger partial charge is 0.492 e. The normalized spacial score (nSPS) is 12.8. The number of rotatable bonds is 8. The van der Waals surface area contributed by atoms with E-state index in [1.54, 1.807) is 0 Å². The van der Waals surface area contributed by atoms with Crippen LogP contribution < -0.4 is 10.5 Å². The molecule has 0 aliphatic heterocycles. The van der Waals surface area contributed by atoms with E-state index >= 15 is 0 Å². The van der Waals surface area contributed by atoms with Gasteiger partial charge in [0.2, 0.25) is 0 Å². The molecule has 0 spiro atoms. The average molecular weight is 337 g/mol. The SMILES string of the molecule is N[C@H](COc1ccc(Cc2ccccc2)cc1)COP(=O)(O)O. The third-order valence-electron chi connectivity index (χ3n) is 3.10. The van der Waals surface area contributed by atoms with Crippen LogP contribution in [-0.2, 0) is 15.5 Å². The van der Waals surface area contributed by atoms with E-state index in [2.05, 4.69) is 16.7 Å². The van der Waals surface area contributed by atoms with Crippen molar-refractivity contribution in [3.05, 3.63) is 65.7 Å². The summed E-state index contributed by atoms with van der Waals surface area (Å²) in [4.78, 5) is 17.2. The van der Waals surface area contributed by atoms with Gasteiger partial charge in [0.05, 0.1) is 12.6 Å². The van der Waals surface area contributed by atoms with Gasteiger partial charge in [-0.3, -0.25) is 4.52 Å². The van der Waals surface area contributed by atoms with Crippen LogP contribution in [0.3, 0.4) is 0 Å². The quantitative estimate of drug-likeness (QED) is 0.638. The monoisotopic (exact) mass is 337 g/mol. The fourth-order valence-electron chi connectivity index (χ4n) is 1.98. The van der Waals surface area contributed by atoms with Gasteiger partial charge in [-0.1, -0.05) is 42.5 Å². The Morgan fingerprint density at radius 3 is 2.17 bits per heavy atom. The fourth-order valence-corrected chi connectivity index (χ4v) is 2.36. The van der Waals surface area contributed by atoms with Gasteiger partial charge in [-0.25, -0.2) is 4.57 Å². The van der Waals surface area contributed by atoms with Gasteiger partial charge in [0, 0.05) is 0 Å². The maximum Gasteiger partial charge on any atom is 0.469 e. The van der Waals surface area contributed by atoms with Crippen LogP contribution >= 0.6 is 7.82 Å². The topological polar surface area (TPSA) is 102 Å². The molecule has 6 nitrogen and oxygen atoms in total. The molecule has 0 aliphatic carbocycles. The molecule has 4 N–H and O–H groups in total. The molecule has 0 heterocycles. The van der Waals surface area contributed by atoms with Crippen LogP contribution in [0.1, 0.15) is 11.1 Å². The molecule has 7 heteroatoms. The highest BCUT2D eigenvalue weighted by molar-refractivity contribution is 7.46. The third-order valence-corrected chi connectivity index (χ3v) is 3.58. The molecule has 0 aromatic heterocycles. The summed E-state index contributed by atoms with van der Waals surface area (Å²) in [5.74, 6) is 0.647. The number of benzene rings is 2. The number of ether oxygens (including phenoxy) is 1. The molecule has 0 fully saturated rings. The molecule has 1 atom stereocenters. The van der Waals surface area contributed by atoms with Gasteiger partial charge in [0.1, 0.15) is 12.4 Å². The van der Waals surface area contributed by atoms with Crippen molar-refractivity contribution in [2.45, 2.75) is 12.5 Å². The Balaban J connectivity index is 1.80. The van der Waals surface area contributed by atoms with E-state index in [1.165, 1.54) is 5.56 Å². The second-order valence-corrected chi connectivity index (χ2v) is 6.40. The number of phosphoric acid groups is 1. The molecular weight excluding hydrogens is 317 g/mol. The van der Waals surface area contributed by atoms with Gasteiger partial charge < -0.3 is 20.3 Å². The molecule has 2 aromatic rings. The Morgan fingerprint density at radius 1 is 0.957 bits per heavy atom. The first-order chi connectivity index (χ1) is 10.9. The van der Waals surface area contributed by atoms with Gasteiger partial charge in [-0.05, 0) is 29.7 Å². The molecule has 0 aliphatic rings. The number of hydrogen-bond acceptors (Lipinski definition) is 4. The summed E-state index contributed by atoms with van der Waals surface area (Å²) in [6.07, 6.45) is 0.844. The van der Waals surface area contributed by atoms with Gasteiger partial charge in [-0.15, -0.1) is 0 Å². The zero-order valence-corrected chi connectivity index (χ0v) is 13.4. The Kier molecular flexibility index (Phi) is 6.33. The Hall–Kier alpha value is -1.69.